The molecule has 7 heteroatoms. The van der Waals surface area contributed by atoms with E-state index in [9.17, 15) is 13.2 Å². The van der Waals surface area contributed by atoms with Gasteiger partial charge in [0.15, 0.2) is 0 Å². The van der Waals surface area contributed by atoms with Crippen molar-refractivity contribution in [3.8, 4) is 5.75 Å². The summed E-state index contributed by atoms with van der Waals surface area (Å²) in [5.74, 6) is 0.00775. The molecule has 27 heavy (non-hydrogen) atoms. The van der Waals surface area contributed by atoms with Gasteiger partial charge in [-0.1, -0.05) is 6.08 Å². The minimum absolute atomic E-state index is 0.0127. The van der Waals surface area contributed by atoms with Crippen LogP contribution in [0.5, 0.6) is 5.75 Å². The number of carbonyl (C=O) groups excluding carboxylic acids is 1. The molecule has 0 bridgehead atoms. The van der Waals surface area contributed by atoms with Crippen LogP contribution in [0, 0.1) is 0 Å². The molecule has 3 rings (SSSR count). The summed E-state index contributed by atoms with van der Waals surface area (Å²) in [6.45, 7) is 7.49. The molecule has 0 saturated carbocycles. The molecule has 1 aliphatic rings. The van der Waals surface area contributed by atoms with Gasteiger partial charge in [-0.05, 0) is 62.7 Å². The van der Waals surface area contributed by atoms with Crippen LogP contribution in [-0.4, -0.2) is 19.9 Å². The molecule has 1 amide bonds. The molecule has 2 aromatic rings. The topological polar surface area (TPSA) is 84.5 Å². The van der Waals surface area contributed by atoms with E-state index in [0.29, 0.717) is 5.69 Å². The zero-order chi connectivity index (χ0) is 19.8. The smallest absolute Gasteiger partial charge is 0.339 e. The van der Waals surface area contributed by atoms with Crippen molar-refractivity contribution < 1.29 is 17.4 Å². The number of allylic oxidation sites excluding steroid dienone is 1. The average Bonchev–Trinajstić information content (AvgIpc) is 2.52. The Balaban J connectivity index is 1.85. The van der Waals surface area contributed by atoms with Crippen LogP contribution in [0.3, 0.4) is 0 Å². The van der Waals surface area contributed by atoms with Crippen LogP contribution in [0.4, 0.5) is 11.4 Å². The summed E-state index contributed by atoms with van der Waals surface area (Å²) in [5, 5.41) is 5.96. The lowest BCUT2D eigenvalue weighted by atomic mass is 9.91. The second-order valence-electron chi connectivity index (χ2n) is 7.12. The second-order valence-corrected chi connectivity index (χ2v) is 8.67. The highest BCUT2D eigenvalue weighted by Gasteiger charge is 2.24. The van der Waals surface area contributed by atoms with E-state index < -0.39 is 10.1 Å². The van der Waals surface area contributed by atoms with Crippen molar-refractivity contribution in [1.29, 1.82) is 0 Å². The molecular formula is C20H22N2O4S. The van der Waals surface area contributed by atoms with Crippen molar-refractivity contribution in [3.63, 3.8) is 0 Å². The number of anilines is 2. The third-order valence-corrected chi connectivity index (χ3v) is 5.38. The highest BCUT2D eigenvalue weighted by atomic mass is 32.2. The molecule has 0 aliphatic carbocycles. The van der Waals surface area contributed by atoms with Crippen LogP contribution in [-0.2, 0) is 14.9 Å². The van der Waals surface area contributed by atoms with Gasteiger partial charge >= 0.3 is 10.1 Å². The minimum Gasteiger partial charge on any atom is -0.379 e. The first-order chi connectivity index (χ1) is 12.6. The number of nitrogens with one attached hydrogen (secondary N) is 2. The quantitative estimate of drug-likeness (QED) is 0.776. The fraction of sp³-hybridized carbons (Fsp3) is 0.250. The van der Waals surface area contributed by atoms with E-state index in [-0.39, 0.29) is 22.1 Å². The van der Waals surface area contributed by atoms with Gasteiger partial charge in [0.1, 0.15) is 10.6 Å². The van der Waals surface area contributed by atoms with E-state index in [2.05, 4.69) is 16.7 Å². The summed E-state index contributed by atoms with van der Waals surface area (Å²) in [6, 6.07) is 11.0. The molecule has 0 saturated heterocycles. The molecule has 1 heterocycles. The fourth-order valence-corrected chi connectivity index (χ4v) is 4.03. The van der Waals surface area contributed by atoms with Gasteiger partial charge in [0.25, 0.3) is 0 Å². The van der Waals surface area contributed by atoms with Crippen molar-refractivity contribution in [2.24, 2.45) is 0 Å². The van der Waals surface area contributed by atoms with Gasteiger partial charge in [0, 0.05) is 29.9 Å². The van der Waals surface area contributed by atoms with E-state index in [1.54, 1.807) is 12.1 Å². The van der Waals surface area contributed by atoms with Crippen LogP contribution in [0.2, 0.25) is 0 Å². The number of fused-ring (bicyclic) bond motifs is 1. The summed E-state index contributed by atoms with van der Waals surface area (Å²) in [6.07, 6.45) is 2.13. The summed E-state index contributed by atoms with van der Waals surface area (Å²) in [4.78, 5) is 11.1. The van der Waals surface area contributed by atoms with Crippen LogP contribution < -0.4 is 14.8 Å². The maximum Gasteiger partial charge on any atom is 0.339 e. The summed E-state index contributed by atoms with van der Waals surface area (Å²) < 4.78 is 30.4. The van der Waals surface area contributed by atoms with Crippen LogP contribution in [0.1, 0.15) is 33.3 Å². The zero-order valence-corrected chi connectivity index (χ0v) is 16.5. The first kappa shape index (κ1) is 19.0. The lowest BCUT2D eigenvalue weighted by Crippen LogP contribution is -2.31. The Bertz CT molecular complexity index is 1020. The van der Waals surface area contributed by atoms with Crippen molar-refractivity contribution in [2.45, 2.75) is 38.1 Å². The zero-order valence-electron chi connectivity index (χ0n) is 15.7. The van der Waals surface area contributed by atoms with Crippen molar-refractivity contribution in [1.82, 2.24) is 0 Å². The monoisotopic (exact) mass is 386 g/mol. The molecule has 2 aromatic carbocycles. The SMILES string of the molecule is CC(=O)Nc1ccc(S(=O)(=O)Oc2ccc3c(c2)NC(C)(C)C=C3C)cc1. The molecular weight excluding hydrogens is 364 g/mol. The molecule has 0 fully saturated rings. The third kappa shape index (κ3) is 4.31. The maximum atomic E-state index is 12.6. The molecule has 0 aromatic heterocycles. The van der Waals surface area contributed by atoms with Crippen molar-refractivity contribution >= 4 is 33.0 Å². The van der Waals surface area contributed by atoms with E-state index in [1.807, 2.05) is 26.8 Å². The first-order valence-corrected chi connectivity index (χ1v) is 9.91. The summed E-state index contributed by atoms with van der Waals surface area (Å²) in [5.41, 5.74) is 3.25. The molecule has 0 atom stereocenters. The molecule has 1 aliphatic heterocycles. The Kier molecular flexibility index (Phi) is 4.73. The number of carbonyl (C=O) groups is 1. The molecule has 0 unspecified atom stereocenters. The molecule has 142 valence electrons. The third-order valence-electron chi connectivity index (χ3n) is 4.12. The fourth-order valence-electron chi connectivity index (χ4n) is 3.11. The second kappa shape index (κ2) is 6.74. The number of hydrogen-bond acceptors (Lipinski definition) is 5. The van der Waals surface area contributed by atoms with E-state index in [4.69, 9.17) is 4.18 Å². The Morgan fingerprint density at radius 3 is 2.41 bits per heavy atom. The van der Waals surface area contributed by atoms with Crippen molar-refractivity contribution in [2.75, 3.05) is 10.6 Å². The Morgan fingerprint density at radius 2 is 1.78 bits per heavy atom. The minimum atomic E-state index is -3.98. The number of benzene rings is 2. The highest BCUT2D eigenvalue weighted by molar-refractivity contribution is 7.87. The number of hydrogen-bond donors (Lipinski definition) is 2. The molecule has 6 nitrogen and oxygen atoms in total. The predicted octanol–water partition coefficient (Wildman–Crippen LogP) is 4.02. The van der Waals surface area contributed by atoms with Gasteiger partial charge < -0.3 is 14.8 Å². The lowest BCUT2D eigenvalue weighted by Gasteiger charge is -2.31. The largest absolute Gasteiger partial charge is 0.379 e. The van der Waals surface area contributed by atoms with Crippen LogP contribution in [0.25, 0.3) is 5.57 Å². The van der Waals surface area contributed by atoms with E-state index in [1.165, 1.54) is 31.2 Å². The maximum absolute atomic E-state index is 12.6. The molecule has 2 N–H and O–H groups in total. The highest BCUT2D eigenvalue weighted by Crippen LogP contribution is 2.36. The van der Waals surface area contributed by atoms with Gasteiger partial charge in [-0.3, -0.25) is 4.79 Å². The van der Waals surface area contributed by atoms with E-state index in [0.717, 1.165) is 16.8 Å². The first-order valence-electron chi connectivity index (χ1n) is 8.50. The summed E-state index contributed by atoms with van der Waals surface area (Å²) >= 11 is 0. The Hall–Kier alpha value is -2.80. The van der Waals surface area contributed by atoms with Gasteiger partial charge in [-0.15, -0.1) is 0 Å². The van der Waals surface area contributed by atoms with Gasteiger partial charge in [-0.2, -0.15) is 8.42 Å². The van der Waals surface area contributed by atoms with Crippen molar-refractivity contribution in [3.05, 3.63) is 54.1 Å². The average molecular weight is 386 g/mol. The Morgan fingerprint density at radius 1 is 1.11 bits per heavy atom. The Labute approximate surface area is 159 Å². The lowest BCUT2D eigenvalue weighted by molar-refractivity contribution is -0.114. The van der Waals surface area contributed by atoms with Gasteiger partial charge in [-0.25, -0.2) is 0 Å². The number of rotatable bonds is 4. The summed E-state index contributed by atoms with van der Waals surface area (Å²) in [7, 11) is -3.98. The standard InChI is InChI=1S/C20H22N2O4S/c1-13-12-20(3,4)22-19-11-16(7-10-18(13)19)26-27(24,25)17-8-5-15(6-9-17)21-14(2)23/h5-12,22H,1-4H3,(H,21,23). The molecule has 0 spiro atoms. The van der Waals surface area contributed by atoms with Gasteiger partial charge in [0.2, 0.25) is 5.91 Å². The molecule has 0 radical (unpaired) electrons. The van der Waals surface area contributed by atoms with E-state index >= 15 is 0 Å². The van der Waals surface area contributed by atoms with Gasteiger partial charge in [0.05, 0.1) is 5.54 Å². The normalized spacial score (nSPS) is 15.2. The number of amides is 1. The van der Waals surface area contributed by atoms with Crippen LogP contribution >= 0.6 is 0 Å². The van der Waals surface area contributed by atoms with Crippen LogP contribution in [0.15, 0.2) is 53.4 Å². The predicted molar refractivity (Wildman–Crippen MR) is 106 cm³/mol.